The topological polar surface area (TPSA) is 61.9 Å². The zero-order valence-electron chi connectivity index (χ0n) is 11.8. The SMILES string of the molecule is O=C(CNC1CC1)N1CCN(C(=O)C2CCCO2)CC1. The molecule has 3 rings (SSSR count). The monoisotopic (exact) mass is 281 g/mol. The molecule has 1 N–H and O–H groups in total. The lowest BCUT2D eigenvalue weighted by Crippen LogP contribution is -2.54. The Morgan fingerprint density at radius 2 is 1.75 bits per heavy atom. The standard InChI is InChI=1S/C14H23N3O3/c18-13(10-15-11-3-4-11)16-5-7-17(8-6-16)14(19)12-2-1-9-20-12/h11-12,15H,1-10H2. The number of hydrogen-bond donors (Lipinski definition) is 1. The van der Waals surface area contributed by atoms with Crippen LogP contribution in [0, 0.1) is 0 Å². The van der Waals surface area contributed by atoms with Crippen molar-refractivity contribution in [2.75, 3.05) is 39.3 Å². The Morgan fingerprint density at radius 1 is 1.05 bits per heavy atom. The average Bonchev–Trinajstić information content (AvgIpc) is 3.16. The van der Waals surface area contributed by atoms with Crippen molar-refractivity contribution in [3.63, 3.8) is 0 Å². The van der Waals surface area contributed by atoms with Gasteiger partial charge in [0.25, 0.3) is 5.91 Å². The highest BCUT2D eigenvalue weighted by Gasteiger charge is 2.31. The Balaban J connectivity index is 1.41. The van der Waals surface area contributed by atoms with Gasteiger partial charge in [-0.3, -0.25) is 9.59 Å². The van der Waals surface area contributed by atoms with Crippen LogP contribution in [0.4, 0.5) is 0 Å². The Morgan fingerprint density at radius 3 is 2.35 bits per heavy atom. The minimum Gasteiger partial charge on any atom is -0.368 e. The molecule has 2 amide bonds. The molecule has 2 heterocycles. The molecule has 6 nitrogen and oxygen atoms in total. The predicted octanol–water partition coefficient (Wildman–Crippen LogP) is -0.412. The highest BCUT2D eigenvalue weighted by molar-refractivity contribution is 5.82. The second-order valence-corrected chi connectivity index (χ2v) is 5.86. The molecule has 3 aliphatic rings. The van der Waals surface area contributed by atoms with Crippen molar-refractivity contribution in [1.29, 1.82) is 0 Å². The maximum Gasteiger partial charge on any atom is 0.251 e. The molecular weight excluding hydrogens is 258 g/mol. The Labute approximate surface area is 119 Å². The first-order valence-corrected chi connectivity index (χ1v) is 7.65. The molecule has 0 spiro atoms. The van der Waals surface area contributed by atoms with Crippen molar-refractivity contribution in [2.45, 2.75) is 37.8 Å². The largest absolute Gasteiger partial charge is 0.368 e. The van der Waals surface area contributed by atoms with E-state index >= 15 is 0 Å². The van der Waals surface area contributed by atoms with E-state index in [2.05, 4.69) is 5.32 Å². The molecule has 1 unspecified atom stereocenters. The van der Waals surface area contributed by atoms with Crippen molar-refractivity contribution in [1.82, 2.24) is 15.1 Å². The maximum atomic E-state index is 12.2. The van der Waals surface area contributed by atoms with E-state index in [0.29, 0.717) is 45.4 Å². The van der Waals surface area contributed by atoms with Gasteiger partial charge >= 0.3 is 0 Å². The third-order valence-corrected chi connectivity index (χ3v) is 4.27. The van der Waals surface area contributed by atoms with E-state index in [0.717, 1.165) is 12.8 Å². The molecule has 0 bridgehead atoms. The number of piperazine rings is 1. The van der Waals surface area contributed by atoms with Crippen LogP contribution >= 0.6 is 0 Å². The summed E-state index contributed by atoms with van der Waals surface area (Å²) in [5.74, 6) is 0.256. The van der Waals surface area contributed by atoms with E-state index in [4.69, 9.17) is 4.74 Å². The maximum absolute atomic E-state index is 12.2. The van der Waals surface area contributed by atoms with Crippen LogP contribution in [-0.2, 0) is 14.3 Å². The van der Waals surface area contributed by atoms with Crippen LogP contribution in [0.3, 0.4) is 0 Å². The fourth-order valence-corrected chi connectivity index (χ4v) is 2.78. The quantitative estimate of drug-likeness (QED) is 0.761. The van der Waals surface area contributed by atoms with E-state index < -0.39 is 0 Å². The molecule has 1 saturated carbocycles. The minimum atomic E-state index is -0.242. The van der Waals surface area contributed by atoms with Crippen LogP contribution in [0.1, 0.15) is 25.7 Å². The van der Waals surface area contributed by atoms with Gasteiger partial charge in [-0.05, 0) is 25.7 Å². The van der Waals surface area contributed by atoms with Crippen molar-refractivity contribution in [2.24, 2.45) is 0 Å². The predicted molar refractivity (Wildman–Crippen MR) is 73.2 cm³/mol. The lowest BCUT2D eigenvalue weighted by Gasteiger charge is -2.35. The fourth-order valence-electron chi connectivity index (χ4n) is 2.78. The smallest absolute Gasteiger partial charge is 0.251 e. The van der Waals surface area contributed by atoms with Crippen LogP contribution in [0.2, 0.25) is 0 Å². The molecule has 1 aliphatic carbocycles. The summed E-state index contributed by atoms with van der Waals surface area (Å²) in [4.78, 5) is 27.9. The van der Waals surface area contributed by atoms with Crippen molar-refractivity contribution < 1.29 is 14.3 Å². The van der Waals surface area contributed by atoms with E-state index in [9.17, 15) is 9.59 Å². The van der Waals surface area contributed by atoms with Crippen LogP contribution in [0.15, 0.2) is 0 Å². The summed E-state index contributed by atoms with van der Waals surface area (Å²) in [6, 6.07) is 0.557. The first-order valence-electron chi connectivity index (χ1n) is 7.65. The van der Waals surface area contributed by atoms with E-state index in [-0.39, 0.29) is 17.9 Å². The number of carbonyl (C=O) groups excluding carboxylic acids is 2. The number of carbonyl (C=O) groups is 2. The molecule has 20 heavy (non-hydrogen) atoms. The van der Waals surface area contributed by atoms with Gasteiger partial charge in [-0.15, -0.1) is 0 Å². The summed E-state index contributed by atoms with van der Waals surface area (Å²) in [7, 11) is 0. The number of rotatable bonds is 4. The normalized spacial score (nSPS) is 26.9. The van der Waals surface area contributed by atoms with Gasteiger partial charge in [0.2, 0.25) is 5.91 Å². The van der Waals surface area contributed by atoms with Crippen LogP contribution < -0.4 is 5.32 Å². The summed E-state index contributed by atoms with van der Waals surface area (Å²) >= 11 is 0. The number of nitrogens with zero attached hydrogens (tertiary/aromatic N) is 2. The molecule has 0 radical (unpaired) electrons. The van der Waals surface area contributed by atoms with Crippen molar-refractivity contribution >= 4 is 11.8 Å². The second kappa shape index (κ2) is 6.10. The third kappa shape index (κ3) is 3.30. The first kappa shape index (κ1) is 13.8. The highest BCUT2D eigenvalue weighted by atomic mass is 16.5. The van der Waals surface area contributed by atoms with Gasteiger partial charge < -0.3 is 19.9 Å². The van der Waals surface area contributed by atoms with Crippen molar-refractivity contribution in [3.05, 3.63) is 0 Å². The Kier molecular flexibility index (Phi) is 4.21. The average molecular weight is 281 g/mol. The Hall–Kier alpha value is -1.14. The summed E-state index contributed by atoms with van der Waals surface area (Å²) in [6.45, 7) is 3.68. The van der Waals surface area contributed by atoms with E-state index in [1.807, 2.05) is 9.80 Å². The Bertz CT molecular complexity index is 370. The molecule has 6 heteroatoms. The van der Waals surface area contributed by atoms with E-state index in [1.54, 1.807) is 0 Å². The van der Waals surface area contributed by atoms with Crippen LogP contribution in [0.5, 0.6) is 0 Å². The summed E-state index contributed by atoms with van der Waals surface area (Å²) in [5.41, 5.74) is 0. The number of ether oxygens (including phenoxy) is 1. The van der Waals surface area contributed by atoms with Crippen LogP contribution in [-0.4, -0.2) is 73.1 Å². The molecule has 1 atom stereocenters. The van der Waals surface area contributed by atoms with Gasteiger partial charge in [0.05, 0.1) is 6.54 Å². The first-order chi connectivity index (χ1) is 9.74. The summed E-state index contributed by atoms with van der Waals surface area (Å²) in [5, 5.41) is 3.24. The number of amides is 2. The molecule has 0 aromatic rings. The lowest BCUT2D eigenvalue weighted by molar-refractivity contribution is -0.145. The van der Waals surface area contributed by atoms with Gasteiger partial charge in [0.15, 0.2) is 0 Å². The van der Waals surface area contributed by atoms with Gasteiger partial charge in [-0.1, -0.05) is 0 Å². The molecule has 3 fully saturated rings. The molecule has 112 valence electrons. The zero-order valence-corrected chi connectivity index (χ0v) is 11.8. The van der Waals surface area contributed by atoms with Gasteiger partial charge in [0.1, 0.15) is 6.10 Å². The number of nitrogens with one attached hydrogen (secondary N) is 1. The fraction of sp³-hybridized carbons (Fsp3) is 0.857. The van der Waals surface area contributed by atoms with Crippen molar-refractivity contribution in [3.8, 4) is 0 Å². The molecule has 2 saturated heterocycles. The highest BCUT2D eigenvalue weighted by Crippen LogP contribution is 2.18. The molecule has 0 aromatic heterocycles. The van der Waals surface area contributed by atoms with Gasteiger partial charge in [-0.2, -0.15) is 0 Å². The van der Waals surface area contributed by atoms with Gasteiger partial charge in [-0.25, -0.2) is 0 Å². The summed E-state index contributed by atoms with van der Waals surface area (Å²) in [6.07, 6.45) is 3.95. The van der Waals surface area contributed by atoms with E-state index in [1.165, 1.54) is 12.8 Å². The second-order valence-electron chi connectivity index (χ2n) is 5.86. The van der Waals surface area contributed by atoms with Gasteiger partial charge in [0, 0.05) is 38.8 Å². The molecule has 2 aliphatic heterocycles. The molecule has 0 aromatic carbocycles. The zero-order chi connectivity index (χ0) is 13.9. The molecular formula is C14H23N3O3. The lowest BCUT2D eigenvalue weighted by atomic mass is 10.2. The third-order valence-electron chi connectivity index (χ3n) is 4.27. The summed E-state index contributed by atoms with van der Waals surface area (Å²) < 4.78 is 5.43. The minimum absolute atomic E-state index is 0.103. The number of hydrogen-bond acceptors (Lipinski definition) is 4. The van der Waals surface area contributed by atoms with Crippen LogP contribution in [0.25, 0.3) is 0 Å².